The normalized spacial score (nSPS) is 10.5. The Hall–Kier alpha value is -2.60. The van der Waals surface area contributed by atoms with E-state index in [1.807, 2.05) is 25.1 Å². The number of nitrogens with zero attached hydrogens (tertiary/aromatic N) is 3. The van der Waals surface area contributed by atoms with Crippen LogP contribution in [0.25, 0.3) is 0 Å². The standard InChI is InChI=1S/C17H14FN3OS/c1-12-20-16(11-23-12)17(22)21(10-14-4-2-3-9-19-14)15-7-5-13(18)6-8-15/h2-9,11H,10H2,1H3. The summed E-state index contributed by atoms with van der Waals surface area (Å²) in [7, 11) is 0. The average Bonchev–Trinajstić information content (AvgIpc) is 3.00. The van der Waals surface area contributed by atoms with Gasteiger partial charge in [-0.15, -0.1) is 11.3 Å². The van der Waals surface area contributed by atoms with Crippen LogP contribution in [0.4, 0.5) is 10.1 Å². The molecule has 0 N–H and O–H groups in total. The van der Waals surface area contributed by atoms with E-state index in [9.17, 15) is 9.18 Å². The van der Waals surface area contributed by atoms with Crippen LogP contribution in [0.5, 0.6) is 0 Å². The minimum Gasteiger partial charge on any atom is -0.301 e. The highest BCUT2D eigenvalue weighted by molar-refractivity contribution is 7.09. The third-order valence-corrected chi connectivity index (χ3v) is 4.04. The van der Waals surface area contributed by atoms with Crippen molar-refractivity contribution < 1.29 is 9.18 Å². The molecular weight excluding hydrogens is 313 g/mol. The zero-order valence-electron chi connectivity index (χ0n) is 12.4. The van der Waals surface area contributed by atoms with Gasteiger partial charge in [-0.05, 0) is 43.3 Å². The third-order valence-electron chi connectivity index (χ3n) is 3.27. The van der Waals surface area contributed by atoms with Crippen LogP contribution >= 0.6 is 11.3 Å². The zero-order valence-corrected chi connectivity index (χ0v) is 13.3. The van der Waals surface area contributed by atoms with Crippen molar-refractivity contribution in [3.8, 4) is 0 Å². The minimum atomic E-state index is -0.344. The van der Waals surface area contributed by atoms with Gasteiger partial charge >= 0.3 is 0 Å². The average molecular weight is 327 g/mol. The van der Waals surface area contributed by atoms with Gasteiger partial charge in [0.05, 0.1) is 17.2 Å². The topological polar surface area (TPSA) is 46.1 Å². The second kappa shape index (κ2) is 6.66. The fourth-order valence-corrected chi connectivity index (χ4v) is 2.74. The minimum absolute atomic E-state index is 0.230. The first-order valence-electron chi connectivity index (χ1n) is 7.03. The van der Waals surface area contributed by atoms with Crippen LogP contribution < -0.4 is 4.90 Å². The van der Waals surface area contributed by atoms with E-state index in [4.69, 9.17) is 0 Å². The van der Waals surface area contributed by atoms with Crippen molar-refractivity contribution in [2.45, 2.75) is 13.5 Å². The maximum Gasteiger partial charge on any atom is 0.278 e. The van der Waals surface area contributed by atoms with Crippen molar-refractivity contribution in [1.82, 2.24) is 9.97 Å². The number of rotatable bonds is 4. The first-order valence-corrected chi connectivity index (χ1v) is 7.91. The Labute approximate surface area is 137 Å². The van der Waals surface area contributed by atoms with E-state index >= 15 is 0 Å². The van der Waals surface area contributed by atoms with E-state index in [0.29, 0.717) is 17.9 Å². The summed E-state index contributed by atoms with van der Waals surface area (Å²) in [6.45, 7) is 2.14. The Bertz CT molecular complexity index is 802. The fraction of sp³-hybridized carbons (Fsp3) is 0.118. The van der Waals surface area contributed by atoms with Crippen LogP contribution in [-0.4, -0.2) is 15.9 Å². The third kappa shape index (κ3) is 3.60. The Morgan fingerprint density at radius 2 is 2.00 bits per heavy atom. The van der Waals surface area contributed by atoms with E-state index in [1.165, 1.54) is 23.5 Å². The summed E-state index contributed by atoms with van der Waals surface area (Å²) in [5, 5.41) is 2.55. The molecule has 2 aromatic heterocycles. The van der Waals surface area contributed by atoms with Gasteiger partial charge in [0.25, 0.3) is 5.91 Å². The number of benzene rings is 1. The van der Waals surface area contributed by atoms with E-state index < -0.39 is 0 Å². The van der Waals surface area contributed by atoms with E-state index in [-0.39, 0.29) is 11.7 Å². The molecule has 1 aromatic carbocycles. The molecule has 1 amide bonds. The number of hydrogen-bond donors (Lipinski definition) is 0. The molecule has 4 nitrogen and oxygen atoms in total. The van der Waals surface area contributed by atoms with Crippen LogP contribution in [0.1, 0.15) is 21.2 Å². The van der Waals surface area contributed by atoms with Crippen LogP contribution in [0.15, 0.2) is 54.0 Å². The highest BCUT2D eigenvalue weighted by Crippen LogP contribution is 2.21. The molecule has 2 heterocycles. The zero-order chi connectivity index (χ0) is 16.2. The monoisotopic (exact) mass is 327 g/mol. The maximum absolute atomic E-state index is 13.2. The van der Waals surface area contributed by atoms with Crippen LogP contribution in [-0.2, 0) is 6.54 Å². The quantitative estimate of drug-likeness (QED) is 0.731. The van der Waals surface area contributed by atoms with Gasteiger partial charge in [-0.2, -0.15) is 0 Å². The molecule has 116 valence electrons. The van der Waals surface area contributed by atoms with Gasteiger partial charge in [0.2, 0.25) is 0 Å². The molecule has 0 bridgehead atoms. The molecule has 0 fully saturated rings. The van der Waals surface area contributed by atoms with Crippen molar-refractivity contribution in [3.63, 3.8) is 0 Å². The van der Waals surface area contributed by atoms with Gasteiger partial charge in [-0.1, -0.05) is 6.07 Å². The Kier molecular flexibility index (Phi) is 4.43. The molecule has 0 radical (unpaired) electrons. The first kappa shape index (κ1) is 15.3. The number of anilines is 1. The lowest BCUT2D eigenvalue weighted by Crippen LogP contribution is -2.31. The summed E-state index contributed by atoms with van der Waals surface area (Å²) in [5.41, 5.74) is 1.73. The van der Waals surface area contributed by atoms with Gasteiger partial charge in [0.15, 0.2) is 0 Å². The lowest BCUT2D eigenvalue weighted by Gasteiger charge is -2.21. The molecule has 0 aliphatic carbocycles. The summed E-state index contributed by atoms with van der Waals surface area (Å²) < 4.78 is 13.2. The predicted molar refractivity (Wildman–Crippen MR) is 88.0 cm³/mol. The summed E-state index contributed by atoms with van der Waals surface area (Å²) in [4.78, 5) is 22.9. The number of pyridine rings is 1. The highest BCUT2D eigenvalue weighted by atomic mass is 32.1. The molecule has 0 unspecified atom stereocenters. The Morgan fingerprint density at radius 1 is 1.22 bits per heavy atom. The smallest absolute Gasteiger partial charge is 0.278 e. The first-order chi connectivity index (χ1) is 11.1. The van der Waals surface area contributed by atoms with Crippen LogP contribution in [0.3, 0.4) is 0 Å². The van der Waals surface area contributed by atoms with Gasteiger partial charge in [0, 0.05) is 17.3 Å². The molecule has 0 aliphatic rings. The number of carbonyl (C=O) groups is 1. The molecule has 3 rings (SSSR count). The van der Waals surface area contributed by atoms with Gasteiger partial charge < -0.3 is 4.90 Å². The van der Waals surface area contributed by atoms with Crippen molar-refractivity contribution in [3.05, 3.63) is 76.3 Å². The lowest BCUT2D eigenvalue weighted by molar-refractivity contribution is 0.0980. The number of carbonyl (C=O) groups excluding carboxylic acids is 1. The number of hydrogen-bond acceptors (Lipinski definition) is 4. The molecule has 0 saturated carbocycles. The molecule has 0 atom stereocenters. The highest BCUT2D eigenvalue weighted by Gasteiger charge is 2.21. The van der Waals surface area contributed by atoms with Crippen LogP contribution in [0.2, 0.25) is 0 Å². The number of aryl methyl sites for hydroxylation is 1. The molecule has 0 saturated heterocycles. The second-order valence-electron chi connectivity index (χ2n) is 4.94. The Morgan fingerprint density at radius 3 is 2.61 bits per heavy atom. The number of aromatic nitrogens is 2. The molecule has 23 heavy (non-hydrogen) atoms. The number of halogens is 1. The predicted octanol–water partition coefficient (Wildman–Crippen LogP) is 3.83. The molecule has 0 spiro atoms. The molecule has 3 aromatic rings. The van der Waals surface area contributed by atoms with Crippen molar-refractivity contribution in [1.29, 1.82) is 0 Å². The van der Waals surface area contributed by atoms with Crippen molar-refractivity contribution >= 4 is 22.9 Å². The van der Waals surface area contributed by atoms with Crippen molar-refractivity contribution in [2.75, 3.05) is 4.90 Å². The molecule has 6 heteroatoms. The van der Waals surface area contributed by atoms with E-state index in [0.717, 1.165) is 10.7 Å². The van der Waals surface area contributed by atoms with Crippen molar-refractivity contribution in [2.24, 2.45) is 0 Å². The second-order valence-corrected chi connectivity index (χ2v) is 6.00. The SMILES string of the molecule is Cc1nc(C(=O)N(Cc2ccccn2)c2ccc(F)cc2)cs1. The molecular formula is C17H14FN3OS. The summed E-state index contributed by atoms with van der Waals surface area (Å²) in [5.74, 6) is -0.574. The largest absolute Gasteiger partial charge is 0.301 e. The van der Waals surface area contributed by atoms with Gasteiger partial charge in [-0.25, -0.2) is 9.37 Å². The summed E-state index contributed by atoms with van der Waals surface area (Å²) in [6.07, 6.45) is 1.68. The number of amides is 1. The fourth-order valence-electron chi connectivity index (χ4n) is 2.15. The summed E-state index contributed by atoms with van der Waals surface area (Å²) in [6, 6.07) is 11.3. The van der Waals surface area contributed by atoms with E-state index in [2.05, 4.69) is 9.97 Å². The maximum atomic E-state index is 13.2. The lowest BCUT2D eigenvalue weighted by atomic mass is 10.2. The van der Waals surface area contributed by atoms with Gasteiger partial charge in [0.1, 0.15) is 11.5 Å². The van der Waals surface area contributed by atoms with Crippen LogP contribution in [0, 0.1) is 12.7 Å². The van der Waals surface area contributed by atoms with E-state index in [1.54, 1.807) is 28.6 Å². The van der Waals surface area contributed by atoms with Gasteiger partial charge in [-0.3, -0.25) is 9.78 Å². The molecule has 0 aliphatic heterocycles. The number of thiazole rings is 1. The summed E-state index contributed by atoms with van der Waals surface area (Å²) >= 11 is 1.42. The Balaban J connectivity index is 1.95.